The molecule has 0 radical (unpaired) electrons. The number of nitrogens with one attached hydrogen (secondary N) is 2. The predicted molar refractivity (Wildman–Crippen MR) is 82.1 cm³/mol. The van der Waals surface area contributed by atoms with Crippen molar-refractivity contribution in [2.24, 2.45) is 0 Å². The molecule has 1 aromatic carbocycles. The molecule has 0 aliphatic rings. The fraction of sp³-hybridized carbons (Fsp3) is 0.286. The first-order valence-electron chi connectivity index (χ1n) is 6.31. The first-order chi connectivity index (χ1) is 9.58. The van der Waals surface area contributed by atoms with Crippen LogP contribution in [0.3, 0.4) is 0 Å². The highest BCUT2D eigenvalue weighted by atomic mass is 79.9. The highest BCUT2D eigenvalue weighted by Crippen LogP contribution is 2.26. The van der Waals surface area contributed by atoms with Gasteiger partial charge in [0.15, 0.2) is 0 Å². The van der Waals surface area contributed by atoms with E-state index in [9.17, 15) is 4.79 Å². The van der Waals surface area contributed by atoms with Gasteiger partial charge in [-0.2, -0.15) is 0 Å². The number of aromatic nitrogens is 3. The molecule has 0 fully saturated rings. The van der Waals surface area contributed by atoms with E-state index in [4.69, 9.17) is 4.74 Å². The molecule has 2 aromatic heterocycles. The number of halogens is 1. The SMILES string of the molecule is CO[C@@H](C)Cc1nc2ccc(Br)cc2c2[nH]c(=O)[nH]c12. The lowest BCUT2D eigenvalue weighted by molar-refractivity contribution is 0.118. The molecule has 2 N–H and O–H groups in total. The predicted octanol–water partition coefficient (Wildman–Crippen LogP) is 2.74. The van der Waals surface area contributed by atoms with Crippen LogP contribution in [0.1, 0.15) is 12.6 Å². The number of rotatable bonds is 3. The zero-order chi connectivity index (χ0) is 14.3. The number of imidazole rings is 1. The van der Waals surface area contributed by atoms with Gasteiger partial charge >= 0.3 is 5.69 Å². The molecular formula is C14H14BrN3O2. The normalized spacial score (nSPS) is 13.2. The van der Waals surface area contributed by atoms with E-state index in [2.05, 4.69) is 30.9 Å². The Labute approximate surface area is 123 Å². The summed E-state index contributed by atoms with van der Waals surface area (Å²) in [5.41, 5.74) is 3.02. The lowest BCUT2D eigenvalue weighted by Gasteiger charge is -2.10. The van der Waals surface area contributed by atoms with Gasteiger partial charge in [-0.25, -0.2) is 4.79 Å². The number of nitrogens with zero attached hydrogens (tertiary/aromatic N) is 1. The molecular weight excluding hydrogens is 322 g/mol. The molecule has 6 heteroatoms. The van der Waals surface area contributed by atoms with Gasteiger partial charge in [-0.3, -0.25) is 4.98 Å². The highest BCUT2D eigenvalue weighted by Gasteiger charge is 2.14. The van der Waals surface area contributed by atoms with Gasteiger partial charge in [-0.05, 0) is 25.1 Å². The Hall–Kier alpha value is -1.66. The van der Waals surface area contributed by atoms with Crippen LogP contribution in [0.5, 0.6) is 0 Å². The molecule has 0 aliphatic heterocycles. The molecule has 0 unspecified atom stereocenters. The maximum absolute atomic E-state index is 11.6. The van der Waals surface area contributed by atoms with Gasteiger partial charge in [0.2, 0.25) is 0 Å². The van der Waals surface area contributed by atoms with E-state index in [1.807, 2.05) is 25.1 Å². The number of methoxy groups -OCH3 is 1. The standard InChI is InChI=1S/C14H14BrN3O2/c1-7(20-2)5-11-13-12(17-14(19)18-13)9-6-8(15)3-4-10(9)16-11/h3-4,6-7H,5H2,1-2H3,(H2,17,18,19)/t7-/m0/s1. The van der Waals surface area contributed by atoms with E-state index >= 15 is 0 Å². The Morgan fingerprint density at radius 1 is 1.35 bits per heavy atom. The van der Waals surface area contributed by atoms with E-state index in [0.717, 1.165) is 32.1 Å². The van der Waals surface area contributed by atoms with Gasteiger partial charge in [0.1, 0.15) is 0 Å². The molecule has 5 nitrogen and oxygen atoms in total. The minimum atomic E-state index is -0.222. The fourth-order valence-corrected chi connectivity index (χ4v) is 2.67. The van der Waals surface area contributed by atoms with Crippen molar-refractivity contribution in [2.75, 3.05) is 7.11 Å². The van der Waals surface area contributed by atoms with Crippen molar-refractivity contribution in [3.8, 4) is 0 Å². The van der Waals surface area contributed by atoms with Gasteiger partial charge in [-0.15, -0.1) is 0 Å². The summed E-state index contributed by atoms with van der Waals surface area (Å²) < 4.78 is 6.24. The zero-order valence-corrected chi connectivity index (χ0v) is 12.7. The van der Waals surface area contributed by atoms with Gasteiger partial charge in [0.25, 0.3) is 0 Å². The monoisotopic (exact) mass is 335 g/mol. The van der Waals surface area contributed by atoms with E-state index in [0.29, 0.717) is 6.42 Å². The van der Waals surface area contributed by atoms with Crippen molar-refractivity contribution in [1.29, 1.82) is 0 Å². The van der Waals surface area contributed by atoms with Gasteiger partial charge in [0, 0.05) is 23.4 Å². The lowest BCUT2D eigenvalue weighted by atomic mass is 10.1. The molecule has 0 amide bonds. The van der Waals surface area contributed by atoms with E-state index in [-0.39, 0.29) is 11.8 Å². The first kappa shape index (κ1) is 13.3. The Morgan fingerprint density at radius 3 is 2.85 bits per heavy atom. The van der Waals surface area contributed by atoms with Crippen molar-refractivity contribution in [3.05, 3.63) is 38.9 Å². The molecule has 0 spiro atoms. The van der Waals surface area contributed by atoms with E-state index in [1.165, 1.54) is 0 Å². The van der Waals surface area contributed by atoms with Crippen molar-refractivity contribution in [3.63, 3.8) is 0 Å². The summed E-state index contributed by atoms with van der Waals surface area (Å²) in [6.45, 7) is 1.98. The lowest BCUT2D eigenvalue weighted by Crippen LogP contribution is -2.10. The maximum atomic E-state index is 11.6. The summed E-state index contributed by atoms with van der Waals surface area (Å²) in [4.78, 5) is 22.0. The van der Waals surface area contributed by atoms with Crippen LogP contribution < -0.4 is 5.69 Å². The minimum Gasteiger partial charge on any atom is -0.381 e. The van der Waals surface area contributed by atoms with Gasteiger partial charge < -0.3 is 14.7 Å². The number of fused-ring (bicyclic) bond motifs is 3. The molecule has 104 valence electrons. The second-order valence-corrected chi connectivity index (χ2v) is 5.72. The molecule has 20 heavy (non-hydrogen) atoms. The van der Waals surface area contributed by atoms with Crippen molar-refractivity contribution in [1.82, 2.24) is 15.0 Å². The quantitative estimate of drug-likeness (QED) is 0.773. The van der Waals surface area contributed by atoms with Crippen molar-refractivity contribution in [2.45, 2.75) is 19.4 Å². The Kier molecular flexibility index (Phi) is 3.35. The highest BCUT2D eigenvalue weighted by molar-refractivity contribution is 9.10. The third-order valence-corrected chi connectivity index (χ3v) is 3.88. The van der Waals surface area contributed by atoms with Gasteiger partial charge in [-0.1, -0.05) is 15.9 Å². The molecule has 0 bridgehead atoms. The van der Waals surface area contributed by atoms with Crippen LogP contribution >= 0.6 is 15.9 Å². The molecule has 0 aliphatic carbocycles. The molecule has 1 atom stereocenters. The minimum absolute atomic E-state index is 0.0389. The topological polar surface area (TPSA) is 70.8 Å². The van der Waals surface area contributed by atoms with E-state index in [1.54, 1.807) is 7.11 Å². The number of aromatic amines is 2. The summed E-state index contributed by atoms with van der Waals surface area (Å²) >= 11 is 3.44. The Bertz CT molecular complexity index is 837. The van der Waals surface area contributed by atoms with Crippen LogP contribution in [0, 0.1) is 0 Å². The summed E-state index contributed by atoms with van der Waals surface area (Å²) in [5.74, 6) is 0. The largest absolute Gasteiger partial charge is 0.381 e. The average molecular weight is 336 g/mol. The Morgan fingerprint density at radius 2 is 2.10 bits per heavy atom. The van der Waals surface area contributed by atoms with Crippen molar-refractivity contribution >= 4 is 37.9 Å². The van der Waals surface area contributed by atoms with Gasteiger partial charge in [0.05, 0.1) is 28.3 Å². The number of ether oxygens (including phenoxy) is 1. The summed E-state index contributed by atoms with van der Waals surface area (Å²) in [6.07, 6.45) is 0.685. The maximum Gasteiger partial charge on any atom is 0.323 e. The van der Waals surface area contributed by atoms with E-state index < -0.39 is 0 Å². The molecule has 3 aromatic rings. The molecule has 2 heterocycles. The number of pyridine rings is 1. The van der Waals surface area contributed by atoms with Crippen LogP contribution in [0.25, 0.3) is 21.9 Å². The third-order valence-electron chi connectivity index (χ3n) is 3.38. The van der Waals surface area contributed by atoms with Crippen LogP contribution in [0.2, 0.25) is 0 Å². The Balaban J connectivity index is 2.33. The summed E-state index contributed by atoms with van der Waals surface area (Å²) in [7, 11) is 1.67. The zero-order valence-electron chi connectivity index (χ0n) is 11.2. The number of hydrogen-bond donors (Lipinski definition) is 2. The second kappa shape index (κ2) is 5.03. The van der Waals surface area contributed by atoms with Crippen molar-refractivity contribution < 1.29 is 4.74 Å². The number of benzene rings is 1. The molecule has 0 saturated heterocycles. The number of hydrogen-bond acceptors (Lipinski definition) is 3. The second-order valence-electron chi connectivity index (χ2n) is 4.80. The van der Waals surface area contributed by atoms with Crippen LogP contribution in [0.15, 0.2) is 27.5 Å². The average Bonchev–Trinajstić information content (AvgIpc) is 2.81. The summed E-state index contributed by atoms with van der Waals surface area (Å²) in [5, 5.41) is 0.918. The fourth-order valence-electron chi connectivity index (χ4n) is 2.31. The third kappa shape index (κ3) is 2.25. The van der Waals surface area contributed by atoms with Crippen LogP contribution in [0.4, 0.5) is 0 Å². The first-order valence-corrected chi connectivity index (χ1v) is 7.10. The molecule has 0 saturated carbocycles. The summed E-state index contributed by atoms with van der Waals surface area (Å²) in [6, 6.07) is 5.83. The van der Waals surface area contributed by atoms with Crippen LogP contribution in [-0.4, -0.2) is 28.2 Å². The number of H-pyrrole nitrogens is 2. The smallest absolute Gasteiger partial charge is 0.323 e. The molecule has 3 rings (SSSR count). The van der Waals surface area contributed by atoms with Crippen LogP contribution in [-0.2, 0) is 11.2 Å².